The molecular formula is C18H22N4. The normalized spacial score (nSPS) is 16.3. The van der Waals surface area contributed by atoms with Gasteiger partial charge in [-0.05, 0) is 30.5 Å². The van der Waals surface area contributed by atoms with Crippen molar-refractivity contribution in [2.45, 2.75) is 24.7 Å². The molecule has 1 aromatic heterocycles. The summed E-state index contributed by atoms with van der Waals surface area (Å²) in [6.45, 7) is 1.52. The van der Waals surface area contributed by atoms with E-state index in [1.165, 1.54) is 18.4 Å². The second-order valence-corrected chi connectivity index (χ2v) is 5.85. The molecule has 4 nitrogen and oxygen atoms in total. The summed E-state index contributed by atoms with van der Waals surface area (Å²) < 4.78 is 0. The van der Waals surface area contributed by atoms with Crippen LogP contribution < -0.4 is 11.1 Å². The van der Waals surface area contributed by atoms with Gasteiger partial charge in [0.05, 0.1) is 6.54 Å². The zero-order valence-electron chi connectivity index (χ0n) is 12.7. The first-order valence-corrected chi connectivity index (χ1v) is 7.78. The van der Waals surface area contributed by atoms with Crippen molar-refractivity contribution in [1.29, 1.82) is 0 Å². The minimum atomic E-state index is 0.217. The number of rotatable bonds is 6. The summed E-state index contributed by atoms with van der Waals surface area (Å²) in [5.41, 5.74) is 8.62. The number of hydrogen-bond donors (Lipinski definition) is 2. The molecule has 4 heteroatoms. The number of nitrogens with two attached hydrogens (primary N) is 1. The first-order chi connectivity index (χ1) is 10.8. The SMILES string of the molecule is NC(=NCC1(c2ccccc2)CC1)NCCc1ccccn1. The molecule has 1 heterocycles. The van der Waals surface area contributed by atoms with Crippen LogP contribution in [-0.4, -0.2) is 24.0 Å². The van der Waals surface area contributed by atoms with Gasteiger partial charge in [-0.2, -0.15) is 0 Å². The average Bonchev–Trinajstić information content (AvgIpc) is 3.36. The lowest BCUT2D eigenvalue weighted by molar-refractivity contribution is 0.699. The third-order valence-corrected chi connectivity index (χ3v) is 4.21. The van der Waals surface area contributed by atoms with Crippen LogP contribution in [0.1, 0.15) is 24.1 Å². The predicted octanol–water partition coefficient (Wildman–Crippen LogP) is 2.26. The molecule has 22 heavy (non-hydrogen) atoms. The smallest absolute Gasteiger partial charge is 0.188 e. The van der Waals surface area contributed by atoms with E-state index in [9.17, 15) is 0 Å². The van der Waals surface area contributed by atoms with Crippen molar-refractivity contribution in [3.05, 3.63) is 66.0 Å². The van der Waals surface area contributed by atoms with Crippen LogP contribution >= 0.6 is 0 Å². The fourth-order valence-corrected chi connectivity index (χ4v) is 2.64. The minimum Gasteiger partial charge on any atom is -0.370 e. The number of hydrogen-bond acceptors (Lipinski definition) is 2. The molecule has 0 amide bonds. The fraction of sp³-hybridized carbons (Fsp3) is 0.333. The van der Waals surface area contributed by atoms with Crippen LogP contribution in [0.3, 0.4) is 0 Å². The monoisotopic (exact) mass is 294 g/mol. The summed E-state index contributed by atoms with van der Waals surface area (Å²) in [7, 11) is 0. The van der Waals surface area contributed by atoms with Gasteiger partial charge < -0.3 is 11.1 Å². The van der Waals surface area contributed by atoms with Crippen molar-refractivity contribution < 1.29 is 0 Å². The van der Waals surface area contributed by atoms with Crippen molar-refractivity contribution in [2.24, 2.45) is 10.7 Å². The van der Waals surface area contributed by atoms with Crippen molar-refractivity contribution >= 4 is 5.96 Å². The molecule has 0 radical (unpaired) electrons. The van der Waals surface area contributed by atoms with E-state index in [4.69, 9.17) is 5.73 Å². The van der Waals surface area contributed by atoms with Gasteiger partial charge in [0.1, 0.15) is 0 Å². The number of nitrogens with zero attached hydrogens (tertiary/aromatic N) is 2. The molecule has 0 aliphatic heterocycles. The highest BCUT2D eigenvalue weighted by atomic mass is 15.1. The Morgan fingerprint density at radius 1 is 1.14 bits per heavy atom. The molecule has 0 bridgehead atoms. The zero-order valence-corrected chi connectivity index (χ0v) is 12.7. The molecule has 3 rings (SSSR count). The first kappa shape index (κ1) is 14.6. The maximum atomic E-state index is 5.97. The summed E-state index contributed by atoms with van der Waals surface area (Å²) in [6.07, 6.45) is 5.05. The van der Waals surface area contributed by atoms with Gasteiger partial charge in [0.15, 0.2) is 5.96 Å². The molecule has 1 aromatic carbocycles. The van der Waals surface area contributed by atoms with Gasteiger partial charge >= 0.3 is 0 Å². The van der Waals surface area contributed by atoms with E-state index in [1.807, 2.05) is 24.4 Å². The van der Waals surface area contributed by atoms with E-state index in [0.29, 0.717) is 5.96 Å². The Labute approximate surface area is 131 Å². The highest BCUT2D eigenvalue weighted by Crippen LogP contribution is 2.48. The van der Waals surface area contributed by atoms with Crippen LogP contribution in [0.4, 0.5) is 0 Å². The number of guanidine groups is 1. The maximum Gasteiger partial charge on any atom is 0.188 e. The number of nitrogens with one attached hydrogen (secondary N) is 1. The molecule has 2 aromatic rings. The molecule has 0 spiro atoms. The molecule has 1 aliphatic carbocycles. The molecule has 0 unspecified atom stereocenters. The second kappa shape index (κ2) is 6.60. The van der Waals surface area contributed by atoms with E-state index < -0.39 is 0 Å². The van der Waals surface area contributed by atoms with E-state index >= 15 is 0 Å². The Bertz CT molecular complexity index is 618. The third kappa shape index (κ3) is 3.64. The van der Waals surface area contributed by atoms with Crippen LogP contribution in [0.2, 0.25) is 0 Å². The Morgan fingerprint density at radius 3 is 2.59 bits per heavy atom. The molecular weight excluding hydrogens is 272 g/mol. The number of benzene rings is 1. The molecule has 0 saturated heterocycles. The number of pyridine rings is 1. The molecule has 1 fully saturated rings. The third-order valence-electron chi connectivity index (χ3n) is 4.21. The summed E-state index contributed by atoms with van der Waals surface area (Å²) in [5.74, 6) is 0.526. The largest absolute Gasteiger partial charge is 0.370 e. The maximum absolute atomic E-state index is 5.97. The Kier molecular flexibility index (Phi) is 4.37. The summed E-state index contributed by atoms with van der Waals surface area (Å²) >= 11 is 0. The van der Waals surface area contributed by atoms with Gasteiger partial charge in [-0.1, -0.05) is 36.4 Å². The van der Waals surface area contributed by atoms with Crippen LogP contribution in [0.5, 0.6) is 0 Å². The highest BCUT2D eigenvalue weighted by molar-refractivity contribution is 5.77. The van der Waals surface area contributed by atoms with E-state index in [1.54, 1.807) is 0 Å². The molecule has 0 atom stereocenters. The minimum absolute atomic E-state index is 0.217. The van der Waals surface area contributed by atoms with Gasteiger partial charge in [0.2, 0.25) is 0 Å². The van der Waals surface area contributed by atoms with Gasteiger partial charge in [-0.25, -0.2) is 0 Å². The second-order valence-electron chi connectivity index (χ2n) is 5.85. The lowest BCUT2D eigenvalue weighted by atomic mass is 9.96. The fourth-order valence-electron chi connectivity index (χ4n) is 2.64. The Balaban J connectivity index is 1.48. The van der Waals surface area contributed by atoms with Crippen LogP contribution in [0, 0.1) is 0 Å². The average molecular weight is 294 g/mol. The number of aromatic nitrogens is 1. The predicted molar refractivity (Wildman–Crippen MR) is 89.8 cm³/mol. The van der Waals surface area contributed by atoms with Gasteiger partial charge in [0.25, 0.3) is 0 Å². The summed E-state index contributed by atoms with van der Waals surface area (Å²) in [6, 6.07) is 16.5. The van der Waals surface area contributed by atoms with Crippen molar-refractivity contribution in [1.82, 2.24) is 10.3 Å². The van der Waals surface area contributed by atoms with Crippen LogP contribution in [0.25, 0.3) is 0 Å². The lowest BCUT2D eigenvalue weighted by Gasteiger charge is -2.13. The topological polar surface area (TPSA) is 63.3 Å². The molecule has 1 aliphatic rings. The number of aliphatic imine (C=N–C) groups is 1. The van der Waals surface area contributed by atoms with Crippen LogP contribution in [0.15, 0.2) is 59.7 Å². The van der Waals surface area contributed by atoms with Crippen molar-refractivity contribution in [2.75, 3.05) is 13.1 Å². The van der Waals surface area contributed by atoms with Gasteiger partial charge in [-0.15, -0.1) is 0 Å². The van der Waals surface area contributed by atoms with Gasteiger partial charge in [-0.3, -0.25) is 9.98 Å². The lowest BCUT2D eigenvalue weighted by Crippen LogP contribution is -2.34. The van der Waals surface area contributed by atoms with E-state index in [-0.39, 0.29) is 5.41 Å². The summed E-state index contributed by atoms with van der Waals surface area (Å²) in [5, 5.41) is 3.17. The zero-order chi connectivity index (χ0) is 15.3. The molecule has 114 valence electrons. The van der Waals surface area contributed by atoms with Gasteiger partial charge in [0, 0.05) is 30.3 Å². The highest BCUT2D eigenvalue weighted by Gasteiger charge is 2.43. The van der Waals surface area contributed by atoms with Crippen molar-refractivity contribution in [3.8, 4) is 0 Å². The van der Waals surface area contributed by atoms with E-state index in [0.717, 1.165) is 25.2 Å². The molecule has 3 N–H and O–H groups in total. The summed E-state index contributed by atoms with van der Waals surface area (Å²) in [4.78, 5) is 8.82. The Morgan fingerprint density at radius 2 is 1.91 bits per heavy atom. The first-order valence-electron chi connectivity index (χ1n) is 7.78. The standard InChI is InChI=1S/C18H22N4/c19-17(21-13-9-16-8-4-5-12-20-16)22-14-18(10-11-18)15-6-2-1-3-7-15/h1-8,12H,9-11,13-14H2,(H3,19,21,22). The van der Waals surface area contributed by atoms with Crippen molar-refractivity contribution in [3.63, 3.8) is 0 Å². The van der Waals surface area contributed by atoms with Crippen LogP contribution in [-0.2, 0) is 11.8 Å². The molecule has 1 saturated carbocycles. The van der Waals surface area contributed by atoms with E-state index in [2.05, 4.69) is 45.6 Å². The quantitative estimate of drug-likeness (QED) is 0.634. The Hall–Kier alpha value is -2.36.